The molecule has 45 heavy (non-hydrogen) atoms. The SMILES string of the molecule is CC(CCCn1cnc2cc(-c3ncc(C(F)(F)F)c(N4CCOCC4)n3)c(F)cc2c1=O)Nc1cn[nH]c(=O)c1C(F)(F)F. The van der Waals surface area contributed by atoms with Crippen LogP contribution >= 0.6 is 0 Å². The third-order valence-corrected chi connectivity index (χ3v) is 7.12. The maximum atomic E-state index is 15.3. The van der Waals surface area contributed by atoms with Gasteiger partial charge in [-0.25, -0.2) is 24.4 Å². The maximum absolute atomic E-state index is 15.3. The minimum absolute atomic E-state index is 0.0561. The van der Waals surface area contributed by atoms with Gasteiger partial charge in [-0.3, -0.25) is 14.2 Å². The van der Waals surface area contributed by atoms with Gasteiger partial charge < -0.3 is 15.0 Å². The molecule has 4 aromatic rings. The van der Waals surface area contributed by atoms with Crippen LogP contribution in [-0.4, -0.2) is 62.1 Å². The molecule has 1 aliphatic heterocycles. The normalized spacial score (nSPS) is 15.0. The Bertz CT molecular complexity index is 1820. The number of rotatable bonds is 8. The average molecular weight is 643 g/mol. The number of aromatic nitrogens is 6. The molecule has 4 heterocycles. The lowest BCUT2D eigenvalue weighted by Crippen LogP contribution is -2.38. The summed E-state index contributed by atoms with van der Waals surface area (Å²) in [5.41, 5.74) is -5.14. The molecule has 3 aromatic heterocycles. The summed E-state index contributed by atoms with van der Waals surface area (Å²) >= 11 is 0. The van der Waals surface area contributed by atoms with E-state index < -0.39 is 58.0 Å². The standard InChI is InChI=1S/C27H25F7N8O3/c1-14(38-20-12-37-40-24(43)21(20)27(32,33)34)3-2-4-42-13-36-19-10-15(18(28)9-16(19)25(42)44)22-35-11-17(26(29,30)31)23(39-22)41-5-7-45-8-6-41/h9-14H,2-8H2,1H3,(H2,38,40,43). The first-order chi connectivity index (χ1) is 21.2. The summed E-state index contributed by atoms with van der Waals surface area (Å²) in [7, 11) is 0. The number of benzene rings is 1. The van der Waals surface area contributed by atoms with Gasteiger partial charge in [0, 0.05) is 31.9 Å². The van der Waals surface area contributed by atoms with Crippen LogP contribution in [0.5, 0.6) is 0 Å². The molecule has 0 radical (unpaired) electrons. The molecule has 1 aliphatic rings. The van der Waals surface area contributed by atoms with Crippen LogP contribution in [0.3, 0.4) is 0 Å². The van der Waals surface area contributed by atoms with E-state index in [1.54, 1.807) is 12.0 Å². The minimum atomic E-state index is -4.90. The zero-order valence-electron chi connectivity index (χ0n) is 23.5. The lowest BCUT2D eigenvalue weighted by Gasteiger charge is -2.30. The first kappa shape index (κ1) is 31.8. The predicted octanol–water partition coefficient (Wildman–Crippen LogP) is 4.23. The predicted molar refractivity (Wildman–Crippen MR) is 147 cm³/mol. The lowest BCUT2D eigenvalue weighted by atomic mass is 10.1. The molecule has 1 atom stereocenters. The van der Waals surface area contributed by atoms with E-state index >= 15 is 4.39 Å². The van der Waals surface area contributed by atoms with Gasteiger partial charge >= 0.3 is 12.4 Å². The molecule has 0 aliphatic carbocycles. The van der Waals surface area contributed by atoms with Gasteiger partial charge in [0.1, 0.15) is 22.8 Å². The fourth-order valence-corrected chi connectivity index (χ4v) is 4.92. The molecule has 240 valence electrons. The van der Waals surface area contributed by atoms with Crippen molar-refractivity contribution < 1.29 is 35.5 Å². The number of H-pyrrole nitrogens is 1. The maximum Gasteiger partial charge on any atom is 0.423 e. The number of ether oxygens (including phenoxy) is 1. The van der Waals surface area contributed by atoms with Gasteiger partial charge in [-0.15, -0.1) is 0 Å². The zero-order chi connectivity index (χ0) is 32.5. The monoisotopic (exact) mass is 642 g/mol. The quantitative estimate of drug-likeness (QED) is 0.271. The summed E-state index contributed by atoms with van der Waals surface area (Å²) in [6.45, 7) is 2.35. The number of morpholine rings is 1. The number of aryl methyl sites for hydroxylation is 1. The van der Waals surface area contributed by atoms with Gasteiger partial charge in [0.25, 0.3) is 11.1 Å². The highest BCUT2D eigenvalue weighted by Crippen LogP contribution is 2.37. The lowest BCUT2D eigenvalue weighted by molar-refractivity contribution is -0.138. The van der Waals surface area contributed by atoms with Crippen LogP contribution < -0.4 is 21.3 Å². The van der Waals surface area contributed by atoms with Crippen molar-refractivity contribution in [3.05, 3.63) is 68.5 Å². The van der Waals surface area contributed by atoms with Crippen LogP contribution in [0, 0.1) is 5.82 Å². The van der Waals surface area contributed by atoms with Gasteiger partial charge in [-0.05, 0) is 31.9 Å². The molecule has 2 N–H and O–H groups in total. The van der Waals surface area contributed by atoms with E-state index in [1.165, 1.54) is 21.9 Å². The van der Waals surface area contributed by atoms with E-state index in [9.17, 15) is 35.9 Å². The third kappa shape index (κ3) is 6.89. The Kier molecular flexibility index (Phi) is 8.77. The van der Waals surface area contributed by atoms with Crippen LogP contribution in [0.2, 0.25) is 0 Å². The number of alkyl halides is 6. The summed E-state index contributed by atoms with van der Waals surface area (Å²) in [5, 5.41) is 7.68. The molecule has 11 nitrogen and oxygen atoms in total. The molecule has 1 fully saturated rings. The van der Waals surface area contributed by atoms with E-state index in [1.807, 2.05) is 0 Å². The Morgan fingerprint density at radius 2 is 1.78 bits per heavy atom. The molecule has 0 spiro atoms. The van der Waals surface area contributed by atoms with Gasteiger partial charge in [-0.2, -0.15) is 31.4 Å². The number of hydrogen-bond acceptors (Lipinski definition) is 9. The molecule has 0 bridgehead atoms. The number of hydrogen-bond donors (Lipinski definition) is 2. The van der Waals surface area contributed by atoms with E-state index in [0.717, 1.165) is 12.3 Å². The summed E-state index contributed by atoms with van der Waals surface area (Å²) in [4.78, 5) is 38.2. The van der Waals surface area contributed by atoms with E-state index in [2.05, 4.69) is 25.4 Å². The van der Waals surface area contributed by atoms with Crippen LogP contribution in [0.1, 0.15) is 30.9 Å². The van der Waals surface area contributed by atoms with Crippen molar-refractivity contribution in [1.29, 1.82) is 0 Å². The Labute approximate surface area is 249 Å². The average Bonchev–Trinajstić information content (AvgIpc) is 2.97. The third-order valence-electron chi connectivity index (χ3n) is 7.12. The first-order valence-electron chi connectivity index (χ1n) is 13.6. The molecule has 1 aromatic carbocycles. The van der Waals surface area contributed by atoms with Crippen molar-refractivity contribution in [3.8, 4) is 11.4 Å². The molecular formula is C27H25F7N8O3. The van der Waals surface area contributed by atoms with Crippen LogP contribution in [0.15, 0.2) is 40.4 Å². The van der Waals surface area contributed by atoms with Crippen LogP contribution in [0.4, 0.5) is 42.2 Å². The Balaban J connectivity index is 1.34. The summed E-state index contributed by atoms with van der Waals surface area (Å²) in [6.07, 6.45) is -6.42. The number of fused-ring (bicyclic) bond motifs is 1. The van der Waals surface area contributed by atoms with Crippen molar-refractivity contribution >= 4 is 22.4 Å². The highest BCUT2D eigenvalue weighted by Gasteiger charge is 2.38. The summed E-state index contributed by atoms with van der Waals surface area (Å²) in [5.74, 6) is -1.68. The fraction of sp³-hybridized carbons (Fsp3) is 0.407. The van der Waals surface area contributed by atoms with Crippen molar-refractivity contribution in [3.63, 3.8) is 0 Å². The number of anilines is 2. The Hall–Kier alpha value is -4.61. The molecule has 0 saturated carbocycles. The highest BCUT2D eigenvalue weighted by atomic mass is 19.4. The highest BCUT2D eigenvalue weighted by molar-refractivity contribution is 5.82. The minimum Gasteiger partial charge on any atom is -0.381 e. The second-order valence-electron chi connectivity index (χ2n) is 10.3. The van der Waals surface area contributed by atoms with Crippen molar-refractivity contribution in [2.24, 2.45) is 0 Å². The summed E-state index contributed by atoms with van der Waals surface area (Å²) < 4.78 is 103. The van der Waals surface area contributed by atoms with Gasteiger partial charge in [0.15, 0.2) is 5.82 Å². The largest absolute Gasteiger partial charge is 0.423 e. The molecule has 0 amide bonds. The van der Waals surface area contributed by atoms with Crippen LogP contribution in [-0.2, 0) is 23.6 Å². The smallest absolute Gasteiger partial charge is 0.381 e. The van der Waals surface area contributed by atoms with E-state index in [4.69, 9.17) is 4.74 Å². The Morgan fingerprint density at radius 1 is 1.04 bits per heavy atom. The van der Waals surface area contributed by atoms with E-state index in [-0.39, 0.29) is 61.6 Å². The zero-order valence-corrected chi connectivity index (χ0v) is 23.5. The number of aromatic amines is 1. The molecule has 5 rings (SSSR count). The van der Waals surface area contributed by atoms with Crippen molar-refractivity contribution in [1.82, 2.24) is 29.7 Å². The first-order valence-corrected chi connectivity index (χ1v) is 13.6. The number of nitrogens with zero attached hydrogens (tertiary/aromatic N) is 6. The van der Waals surface area contributed by atoms with Crippen LogP contribution in [0.25, 0.3) is 22.3 Å². The Morgan fingerprint density at radius 3 is 2.47 bits per heavy atom. The van der Waals surface area contributed by atoms with Gasteiger partial charge in [0.05, 0.1) is 47.9 Å². The number of halogens is 7. The molecule has 1 unspecified atom stereocenters. The van der Waals surface area contributed by atoms with Gasteiger partial charge in [-0.1, -0.05) is 0 Å². The number of nitrogens with one attached hydrogen (secondary N) is 2. The second kappa shape index (κ2) is 12.4. The topological polar surface area (TPSA) is 131 Å². The molecule has 18 heteroatoms. The van der Waals surface area contributed by atoms with Crippen molar-refractivity contribution in [2.75, 3.05) is 36.5 Å². The van der Waals surface area contributed by atoms with E-state index in [0.29, 0.717) is 12.6 Å². The van der Waals surface area contributed by atoms with Gasteiger partial charge in [0.2, 0.25) is 0 Å². The van der Waals surface area contributed by atoms with Crippen molar-refractivity contribution in [2.45, 2.75) is 44.7 Å². The molecular weight excluding hydrogens is 617 g/mol. The summed E-state index contributed by atoms with van der Waals surface area (Å²) in [6, 6.07) is 1.54. The second-order valence-corrected chi connectivity index (χ2v) is 10.3. The molecule has 1 saturated heterocycles. The fourth-order valence-electron chi connectivity index (χ4n) is 4.92.